The molecule has 0 bridgehead atoms. The molecule has 4 rings (SSSR count). The second kappa shape index (κ2) is 4.85. The zero-order valence-corrected chi connectivity index (χ0v) is 12.1. The highest BCUT2D eigenvalue weighted by molar-refractivity contribution is 5.71. The Bertz CT molecular complexity index is 606. The third kappa shape index (κ3) is 2.22. The molecule has 0 radical (unpaired) electrons. The van der Waals surface area contributed by atoms with Gasteiger partial charge in [0.15, 0.2) is 5.65 Å². The first kappa shape index (κ1) is 12.3. The van der Waals surface area contributed by atoms with Crippen molar-refractivity contribution in [3.8, 4) is 0 Å². The molecular formula is C16H22N4. The Morgan fingerprint density at radius 3 is 2.75 bits per heavy atom. The van der Waals surface area contributed by atoms with Crippen LogP contribution in [0.1, 0.15) is 37.5 Å². The van der Waals surface area contributed by atoms with Crippen LogP contribution in [0, 0.1) is 5.92 Å². The van der Waals surface area contributed by atoms with Gasteiger partial charge in [-0.25, -0.2) is 9.97 Å². The molecule has 2 fully saturated rings. The molecule has 106 valence electrons. The van der Waals surface area contributed by atoms with E-state index in [0.717, 1.165) is 23.5 Å². The first-order chi connectivity index (χ1) is 9.81. The van der Waals surface area contributed by atoms with E-state index in [2.05, 4.69) is 27.6 Å². The second-order valence-corrected chi connectivity index (χ2v) is 6.43. The predicted octanol–water partition coefficient (Wildman–Crippen LogP) is 2.65. The van der Waals surface area contributed by atoms with Gasteiger partial charge in [0.05, 0.1) is 0 Å². The zero-order valence-electron chi connectivity index (χ0n) is 12.1. The van der Waals surface area contributed by atoms with E-state index in [1.54, 1.807) is 0 Å². The fourth-order valence-corrected chi connectivity index (χ4v) is 3.36. The lowest BCUT2D eigenvalue weighted by atomic mass is 9.93. The Hall–Kier alpha value is -1.42. The largest absolute Gasteiger partial charge is 0.310 e. The summed E-state index contributed by atoms with van der Waals surface area (Å²) in [4.78, 5) is 11.9. The molecule has 3 heterocycles. The van der Waals surface area contributed by atoms with Crippen molar-refractivity contribution < 1.29 is 0 Å². The summed E-state index contributed by atoms with van der Waals surface area (Å²) in [6, 6.07) is 4.75. The zero-order chi connectivity index (χ0) is 13.5. The van der Waals surface area contributed by atoms with Gasteiger partial charge in [0.2, 0.25) is 0 Å². The number of pyridine rings is 1. The number of aromatic nitrogens is 3. The first-order valence-electron chi connectivity index (χ1n) is 7.81. The summed E-state index contributed by atoms with van der Waals surface area (Å²) in [5.41, 5.74) is 2.17. The maximum absolute atomic E-state index is 4.87. The van der Waals surface area contributed by atoms with Gasteiger partial charge in [-0.1, -0.05) is 0 Å². The standard InChI is InChI=1S/C16H22N4/c1-19-9-6-12(7-10-19)11-15-18-14-3-2-8-17-16(14)20(15)13-4-5-13/h2-3,8,12-13H,4-7,9-11H2,1H3. The van der Waals surface area contributed by atoms with Gasteiger partial charge in [-0.05, 0) is 63.9 Å². The Morgan fingerprint density at radius 2 is 2.00 bits per heavy atom. The van der Waals surface area contributed by atoms with Crippen molar-refractivity contribution in [3.63, 3.8) is 0 Å². The van der Waals surface area contributed by atoms with E-state index in [4.69, 9.17) is 4.98 Å². The van der Waals surface area contributed by atoms with Crippen molar-refractivity contribution in [2.75, 3.05) is 20.1 Å². The van der Waals surface area contributed by atoms with Gasteiger partial charge in [0, 0.05) is 18.7 Å². The summed E-state index contributed by atoms with van der Waals surface area (Å²) in [6.45, 7) is 2.46. The Kier molecular flexibility index (Phi) is 2.99. The van der Waals surface area contributed by atoms with Crippen molar-refractivity contribution in [2.24, 2.45) is 5.92 Å². The maximum Gasteiger partial charge on any atom is 0.160 e. The third-order valence-corrected chi connectivity index (χ3v) is 4.74. The molecule has 1 saturated heterocycles. The van der Waals surface area contributed by atoms with Crippen molar-refractivity contribution in [3.05, 3.63) is 24.2 Å². The molecule has 1 aliphatic carbocycles. The van der Waals surface area contributed by atoms with Gasteiger partial charge >= 0.3 is 0 Å². The van der Waals surface area contributed by atoms with Crippen LogP contribution >= 0.6 is 0 Å². The molecule has 0 unspecified atom stereocenters. The van der Waals surface area contributed by atoms with E-state index in [9.17, 15) is 0 Å². The maximum atomic E-state index is 4.87. The molecule has 4 nitrogen and oxygen atoms in total. The van der Waals surface area contributed by atoms with Crippen LogP contribution < -0.4 is 0 Å². The highest BCUT2D eigenvalue weighted by Gasteiger charge is 2.30. The molecule has 1 saturated carbocycles. The van der Waals surface area contributed by atoms with Crippen LogP contribution in [0.5, 0.6) is 0 Å². The van der Waals surface area contributed by atoms with Crippen molar-refractivity contribution in [1.29, 1.82) is 0 Å². The number of likely N-dealkylation sites (tertiary alicyclic amines) is 1. The van der Waals surface area contributed by atoms with Crippen LogP contribution in [0.3, 0.4) is 0 Å². The van der Waals surface area contributed by atoms with E-state index in [1.807, 2.05) is 12.3 Å². The topological polar surface area (TPSA) is 34.0 Å². The van der Waals surface area contributed by atoms with Gasteiger partial charge < -0.3 is 9.47 Å². The number of imidazole rings is 1. The lowest BCUT2D eigenvalue weighted by molar-refractivity contribution is 0.216. The van der Waals surface area contributed by atoms with Crippen molar-refractivity contribution in [1.82, 2.24) is 19.4 Å². The van der Waals surface area contributed by atoms with Crippen molar-refractivity contribution >= 4 is 11.2 Å². The Morgan fingerprint density at radius 1 is 1.20 bits per heavy atom. The van der Waals surface area contributed by atoms with Crippen LogP contribution in [0.4, 0.5) is 0 Å². The fourth-order valence-electron chi connectivity index (χ4n) is 3.36. The minimum atomic E-state index is 0.663. The summed E-state index contributed by atoms with van der Waals surface area (Å²) in [5.74, 6) is 2.07. The number of nitrogens with zero attached hydrogens (tertiary/aromatic N) is 4. The lowest BCUT2D eigenvalue weighted by Gasteiger charge is -2.28. The van der Waals surface area contributed by atoms with Crippen LogP contribution in [0.15, 0.2) is 18.3 Å². The second-order valence-electron chi connectivity index (χ2n) is 6.43. The van der Waals surface area contributed by atoms with Gasteiger partial charge in [0.1, 0.15) is 11.3 Å². The molecule has 2 aromatic heterocycles. The normalized spacial score (nSPS) is 21.6. The van der Waals surface area contributed by atoms with Gasteiger partial charge in [-0.15, -0.1) is 0 Å². The highest BCUT2D eigenvalue weighted by Crippen LogP contribution is 2.39. The Labute approximate surface area is 119 Å². The van der Waals surface area contributed by atoms with Crippen molar-refractivity contribution in [2.45, 2.75) is 38.1 Å². The average molecular weight is 270 g/mol. The minimum Gasteiger partial charge on any atom is -0.310 e. The number of hydrogen-bond acceptors (Lipinski definition) is 3. The number of fused-ring (bicyclic) bond motifs is 1. The average Bonchev–Trinajstić information content (AvgIpc) is 3.23. The molecule has 20 heavy (non-hydrogen) atoms. The molecule has 0 spiro atoms. The third-order valence-electron chi connectivity index (χ3n) is 4.74. The molecule has 1 aliphatic heterocycles. The van der Waals surface area contributed by atoms with Gasteiger partial charge in [0.25, 0.3) is 0 Å². The summed E-state index contributed by atoms with van der Waals surface area (Å²) in [7, 11) is 2.22. The van der Waals surface area contributed by atoms with E-state index >= 15 is 0 Å². The SMILES string of the molecule is CN1CCC(Cc2nc3cccnc3n2C2CC2)CC1. The molecule has 0 amide bonds. The quantitative estimate of drug-likeness (QED) is 0.860. The smallest absolute Gasteiger partial charge is 0.160 e. The fraction of sp³-hybridized carbons (Fsp3) is 0.625. The number of hydrogen-bond donors (Lipinski definition) is 0. The van der Waals surface area contributed by atoms with Crippen LogP contribution in [-0.2, 0) is 6.42 Å². The Balaban J connectivity index is 1.63. The van der Waals surface area contributed by atoms with Crippen LogP contribution in [0.2, 0.25) is 0 Å². The van der Waals surface area contributed by atoms with E-state index in [1.165, 1.54) is 44.6 Å². The summed E-state index contributed by atoms with van der Waals surface area (Å²) < 4.78 is 2.42. The molecule has 4 heteroatoms. The van der Waals surface area contributed by atoms with E-state index < -0.39 is 0 Å². The first-order valence-corrected chi connectivity index (χ1v) is 7.81. The number of rotatable bonds is 3. The molecule has 0 atom stereocenters. The molecule has 2 aromatic rings. The minimum absolute atomic E-state index is 0.663. The summed E-state index contributed by atoms with van der Waals surface area (Å²) in [6.07, 6.45) is 8.21. The monoisotopic (exact) mass is 270 g/mol. The molecule has 0 N–H and O–H groups in total. The molecule has 0 aromatic carbocycles. The van der Waals surface area contributed by atoms with E-state index in [-0.39, 0.29) is 0 Å². The highest BCUT2D eigenvalue weighted by atomic mass is 15.2. The van der Waals surface area contributed by atoms with Gasteiger partial charge in [-0.2, -0.15) is 0 Å². The predicted molar refractivity (Wildman–Crippen MR) is 79.7 cm³/mol. The lowest BCUT2D eigenvalue weighted by Crippen LogP contribution is -2.31. The van der Waals surface area contributed by atoms with Gasteiger partial charge in [-0.3, -0.25) is 0 Å². The van der Waals surface area contributed by atoms with Crippen LogP contribution in [0.25, 0.3) is 11.2 Å². The molecular weight excluding hydrogens is 248 g/mol. The van der Waals surface area contributed by atoms with E-state index in [0.29, 0.717) is 6.04 Å². The summed E-state index contributed by atoms with van der Waals surface area (Å²) >= 11 is 0. The summed E-state index contributed by atoms with van der Waals surface area (Å²) in [5, 5.41) is 0. The van der Waals surface area contributed by atoms with Crippen LogP contribution in [-0.4, -0.2) is 39.6 Å². The number of piperidine rings is 1. The molecule has 2 aliphatic rings.